The van der Waals surface area contributed by atoms with Crippen LogP contribution < -0.4 is 9.47 Å². The molecule has 1 aliphatic rings. The molecule has 0 bridgehead atoms. The Morgan fingerprint density at radius 3 is 2.69 bits per heavy atom. The molecule has 3 aromatic carbocycles. The number of nitrogens with zero attached hydrogens (tertiary/aromatic N) is 2. The first-order valence-corrected chi connectivity index (χ1v) is 12.8. The monoisotopic (exact) mass is 501 g/mol. The van der Waals surface area contributed by atoms with E-state index >= 15 is 0 Å². The Kier molecular flexibility index (Phi) is 6.66. The van der Waals surface area contributed by atoms with Crippen molar-refractivity contribution in [3.8, 4) is 11.5 Å². The van der Waals surface area contributed by atoms with E-state index in [1.165, 1.54) is 28.5 Å². The van der Waals surface area contributed by atoms with Gasteiger partial charge in [-0.2, -0.15) is 0 Å². The summed E-state index contributed by atoms with van der Waals surface area (Å²) in [6.45, 7) is 2.40. The lowest BCUT2D eigenvalue weighted by atomic mass is 10.0. The van der Waals surface area contributed by atoms with Gasteiger partial charge in [-0.15, -0.1) is 21.5 Å². The SMILES string of the molecule is CCc1nnc([C@@H]2C(=N)S/C(=C\c3ccc(OCc4cccc5ccccc45)c(OC)c3)C2=O)s1. The first-order valence-electron chi connectivity index (χ1n) is 11.2. The summed E-state index contributed by atoms with van der Waals surface area (Å²) < 4.78 is 11.7. The molecule has 0 amide bonds. The fourth-order valence-corrected chi connectivity index (χ4v) is 5.91. The van der Waals surface area contributed by atoms with E-state index in [9.17, 15) is 4.79 Å². The minimum absolute atomic E-state index is 0.117. The lowest BCUT2D eigenvalue weighted by molar-refractivity contribution is -0.114. The van der Waals surface area contributed by atoms with E-state index in [2.05, 4.69) is 34.5 Å². The van der Waals surface area contributed by atoms with E-state index in [4.69, 9.17) is 14.9 Å². The fourth-order valence-electron chi connectivity index (χ4n) is 3.96. The number of nitrogens with one attached hydrogen (secondary N) is 1. The topological polar surface area (TPSA) is 85.2 Å². The van der Waals surface area contributed by atoms with Gasteiger partial charge in [0.1, 0.15) is 22.5 Å². The second kappa shape index (κ2) is 10.0. The van der Waals surface area contributed by atoms with Crippen molar-refractivity contribution in [1.82, 2.24) is 10.2 Å². The van der Waals surface area contributed by atoms with Gasteiger partial charge in [-0.3, -0.25) is 10.2 Å². The van der Waals surface area contributed by atoms with Crippen molar-refractivity contribution in [3.05, 3.63) is 86.7 Å². The quantitative estimate of drug-likeness (QED) is 0.301. The zero-order chi connectivity index (χ0) is 24.4. The van der Waals surface area contributed by atoms with E-state index in [1.54, 1.807) is 13.2 Å². The highest BCUT2D eigenvalue weighted by Gasteiger charge is 2.39. The standard InChI is InChI=1S/C27H23N3O3S2/c1-3-23-29-30-27(35-23)24-25(31)22(34-26(24)28)14-16-11-12-20(21(13-16)32-2)33-15-18-9-6-8-17-7-4-5-10-19(17)18/h4-14,24,28H,3,15H2,1-2H3/b22-14-,28-26?/t24-/m0/s1. The molecule has 0 radical (unpaired) electrons. The molecule has 6 nitrogen and oxygen atoms in total. The van der Waals surface area contributed by atoms with Crippen LogP contribution in [0.25, 0.3) is 16.8 Å². The molecule has 2 heterocycles. The van der Waals surface area contributed by atoms with Gasteiger partial charge in [-0.25, -0.2) is 0 Å². The Hall–Kier alpha value is -3.49. The number of aryl methyl sites for hydroxylation is 1. The number of ether oxygens (including phenoxy) is 2. The van der Waals surface area contributed by atoms with Gasteiger partial charge in [0.05, 0.1) is 17.1 Å². The number of hydrogen-bond acceptors (Lipinski definition) is 8. The van der Waals surface area contributed by atoms with E-state index < -0.39 is 5.92 Å². The Balaban J connectivity index is 1.35. The van der Waals surface area contributed by atoms with Gasteiger partial charge in [-0.05, 0) is 46.5 Å². The largest absolute Gasteiger partial charge is 0.493 e. The number of ketones is 1. The number of fused-ring (bicyclic) bond motifs is 1. The molecule has 35 heavy (non-hydrogen) atoms. The Morgan fingerprint density at radius 1 is 1.06 bits per heavy atom. The van der Waals surface area contributed by atoms with Gasteiger partial charge in [0, 0.05) is 0 Å². The minimum atomic E-state index is -0.658. The molecule has 8 heteroatoms. The average Bonchev–Trinajstić information content (AvgIpc) is 3.46. The highest BCUT2D eigenvalue weighted by atomic mass is 32.2. The molecule has 1 aromatic heterocycles. The van der Waals surface area contributed by atoms with Crippen LogP contribution in [0.3, 0.4) is 0 Å². The first-order chi connectivity index (χ1) is 17.1. The van der Waals surface area contributed by atoms with Crippen LogP contribution in [0.4, 0.5) is 0 Å². The summed E-state index contributed by atoms with van der Waals surface area (Å²) in [5.74, 6) is 0.432. The number of carbonyl (C=O) groups is 1. The molecular formula is C27H23N3O3S2. The van der Waals surface area contributed by atoms with E-state index in [1.807, 2.05) is 43.3 Å². The number of carbonyl (C=O) groups excluding carboxylic acids is 1. The van der Waals surface area contributed by atoms with Crippen LogP contribution in [0, 0.1) is 5.41 Å². The van der Waals surface area contributed by atoms with Crippen LogP contribution in [0.15, 0.2) is 65.6 Å². The number of allylic oxidation sites excluding steroid dienone is 1. The van der Waals surface area contributed by atoms with Crippen molar-refractivity contribution in [2.24, 2.45) is 0 Å². The average molecular weight is 502 g/mol. The molecule has 1 saturated heterocycles. The maximum absolute atomic E-state index is 13.1. The summed E-state index contributed by atoms with van der Waals surface area (Å²) >= 11 is 2.57. The number of aromatic nitrogens is 2. The maximum atomic E-state index is 13.1. The van der Waals surface area contributed by atoms with E-state index in [0.717, 1.165) is 27.9 Å². The van der Waals surface area contributed by atoms with Crippen LogP contribution >= 0.6 is 23.1 Å². The first kappa shape index (κ1) is 23.3. The summed E-state index contributed by atoms with van der Waals surface area (Å²) in [4.78, 5) is 13.6. The highest BCUT2D eigenvalue weighted by molar-refractivity contribution is 8.19. The Bertz CT molecular complexity index is 1460. The highest BCUT2D eigenvalue weighted by Crippen LogP contribution is 2.42. The van der Waals surface area contributed by atoms with Crippen molar-refractivity contribution < 1.29 is 14.3 Å². The number of thioether (sulfide) groups is 1. The maximum Gasteiger partial charge on any atom is 0.186 e. The molecule has 1 N–H and O–H groups in total. The fraction of sp³-hybridized carbons (Fsp3) is 0.185. The van der Waals surface area contributed by atoms with Crippen LogP contribution in [0.5, 0.6) is 11.5 Å². The lowest BCUT2D eigenvalue weighted by Gasteiger charge is -2.13. The number of hydrogen-bond donors (Lipinski definition) is 1. The molecule has 5 rings (SSSR count). The van der Waals surface area contributed by atoms with Gasteiger partial charge in [0.15, 0.2) is 17.3 Å². The van der Waals surface area contributed by atoms with Gasteiger partial charge in [-0.1, -0.05) is 67.2 Å². The van der Waals surface area contributed by atoms with Gasteiger partial charge in [0.25, 0.3) is 0 Å². The zero-order valence-electron chi connectivity index (χ0n) is 19.3. The van der Waals surface area contributed by atoms with Gasteiger partial charge < -0.3 is 9.47 Å². The van der Waals surface area contributed by atoms with Crippen molar-refractivity contribution in [2.75, 3.05) is 7.11 Å². The molecule has 1 aliphatic heterocycles. The van der Waals surface area contributed by atoms with E-state index in [0.29, 0.717) is 28.0 Å². The van der Waals surface area contributed by atoms with Crippen LogP contribution in [-0.4, -0.2) is 28.1 Å². The number of benzene rings is 3. The molecule has 1 atom stereocenters. The van der Waals surface area contributed by atoms with Gasteiger partial charge in [0.2, 0.25) is 0 Å². The third-order valence-electron chi connectivity index (χ3n) is 5.77. The summed E-state index contributed by atoms with van der Waals surface area (Å²) in [6, 6.07) is 20.0. The van der Waals surface area contributed by atoms with Crippen LogP contribution in [0.2, 0.25) is 0 Å². The van der Waals surface area contributed by atoms with Crippen molar-refractivity contribution in [2.45, 2.75) is 25.9 Å². The molecule has 0 unspecified atom stereocenters. The van der Waals surface area contributed by atoms with E-state index in [-0.39, 0.29) is 10.8 Å². The normalized spacial score (nSPS) is 16.9. The number of rotatable bonds is 7. The van der Waals surface area contributed by atoms with Crippen molar-refractivity contribution in [3.63, 3.8) is 0 Å². The van der Waals surface area contributed by atoms with Crippen molar-refractivity contribution in [1.29, 1.82) is 5.41 Å². The summed E-state index contributed by atoms with van der Waals surface area (Å²) in [5.41, 5.74) is 1.90. The van der Waals surface area contributed by atoms with Crippen LogP contribution in [0.1, 0.15) is 34.0 Å². The molecule has 0 spiro atoms. The van der Waals surface area contributed by atoms with Crippen LogP contribution in [-0.2, 0) is 17.8 Å². The minimum Gasteiger partial charge on any atom is -0.493 e. The predicted molar refractivity (Wildman–Crippen MR) is 142 cm³/mol. The summed E-state index contributed by atoms with van der Waals surface area (Å²) in [7, 11) is 1.60. The third kappa shape index (κ3) is 4.72. The summed E-state index contributed by atoms with van der Waals surface area (Å²) in [6.07, 6.45) is 2.55. The molecular weight excluding hydrogens is 478 g/mol. The van der Waals surface area contributed by atoms with Gasteiger partial charge >= 0.3 is 0 Å². The Labute approximate surface area is 211 Å². The number of methoxy groups -OCH3 is 1. The Morgan fingerprint density at radius 2 is 1.89 bits per heavy atom. The number of Topliss-reactive ketones (excluding diaryl/α,β-unsaturated/α-hetero) is 1. The third-order valence-corrected chi connectivity index (χ3v) is 7.89. The second-order valence-electron chi connectivity index (χ2n) is 8.00. The zero-order valence-corrected chi connectivity index (χ0v) is 20.9. The molecule has 0 aliphatic carbocycles. The second-order valence-corrected chi connectivity index (χ2v) is 10.2. The molecule has 4 aromatic rings. The lowest BCUT2D eigenvalue weighted by Crippen LogP contribution is -2.11. The molecule has 176 valence electrons. The molecule has 0 saturated carbocycles. The van der Waals surface area contributed by atoms with Crippen molar-refractivity contribution >= 4 is 50.8 Å². The summed E-state index contributed by atoms with van der Waals surface area (Å²) in [5, 5.41) is 20.7. The predicted octanol–water partition coefficient (Wildman–Crippen LogP) is 6.26. The smallest absolute Gasteiger partial charge is 0.186 e. The molecule has 1 fully saturated rings.